The summed E-state index contributed by atoms with van der Waals surface area (Å²) in [5.41, 5.74) is 1.10. The van der Waals surface area contributed by atoms with Crippen LogP contribution in [0.1, 0.15) is 38.8 Å². The van der Waals surface area contributed by atoms with Gasteiger partial charge in [0.15, 0.2) is 5.96 Å². The molecule has 1 aromatic rings. The van der Waals surface area contributed by atoms with E-state index in [0.29, 0.717) is 12.1 Å². The number of hydrogen-bond donors (Lipinski definition) is 2. The van der Waals surface area contributed by atoms with Crippen molar-refractivity contribution in [3.05, 3.63) is 30.1 Å². The molecule has 24 heavy (non-hydrogen) atoms. The molecule has 0 amide bonds. The molecule has 136 valence electrons. The first kappa shape index (κ1) is 21.2. The lowest BCUT2D eigenvalue weighted by Gasteiger charge is -2.38. The fourth-order valence-electron chi connectivity index (χ4n) is 3.21. The van der Waals surface area contributed by atoms with Crippen molar-refractivity contribution < 1.29 is 0 Å². The summed E-state index contributed by atoms with van der Waals surface area (Å²) in [4.78, 5) is 11.3. The predicted molar refractivity (Wildman–Crippen MR) is 112 cm³/mol. The number of halogens is 1. The average molecular weight is 445 g/mol. The van der Waals surface area contributed by atoms with E-state index in [0.717, 1.165) is 31.2 Å². The lowest BCUT2D eigenvalue weighted by molar-refractivity contribution is 0.115. The summed E-state index contributed by atoms with van der Waals surface area (Å²) in [7, 11) is 1.82. The molecule has 1 aromatic heterocycles. The Morgan fingerprint density at radius 1 is 1.38 bits per heavy atom. The number of aliphatic imine (C=N–C) groups is 1. The van der Waals surface area contributed by atoms with E-state index < -0.39 is 0 Å². The van der Waals surface area contributed by atoms with Gasteiger partial charge in [-0.2, -0.15) is 0 Å². The number of rotatable bonds is 6. The lowest BCUT2D eigenvalue weighted by Crippen LogP contribution is -2.50. The van der Waals surface area contributed by atoms with Gasteiger partial charge in [-0.25, -0.2) is 0 Å². The summed E-state index contributed by atoms with van der Waals surface area (Å²) in [5, 5.41) is 6.82. The SMILES string of the molecule is CN=C(NCCc1ccccn1)NCC(C)N1CCCCC1C.I. The van der Waals surface area contributed by atoms with Gasteiger partial charge in [0.25, 0.3) is 0 Å². The molecule has 0 aromatic carbocycles. The van der Waals surface area contributed by atoms with Crippen LogP contribution in [-0.2, 0) is 6.42 Å². The number of nitrogens with zero attached hydrogens (tertiary/aromatic N) is 3. The summed E-state index contributed by atoms with van der Waals surface area (Å²) < 4.78 is 0. The first-order valence-electron chi connectivity index (χ1n) is 8.81. The second-order valence-corrected chi connectivity index (χ2v) is 6.38. The largest absolute Gasteiger partial charge is 0.356 e. The van der Waals surface area contributed by atoms with Gasteiger partial charge in [0.2, 0.25) is 0 Å². The molecule has 2 heterocycles. The van der Waals surface area contributed by atoms with Crippen molar-refractivity contribution in [2.45, 2.75) is 51.6 Å². The number of guanidine groups is 1. The lowest BCUT2D eigenvalue weighted by atomic mass is 10.0. The van der Waals surface area contributed by atoms with E-state index in [4.69, 9.17) is 0 Å². The van der Waals surface area contributed by atoms with Gasteiger partial charge in [-0.15, -0.1) is 24.0 Å². The third-order valence-corrected chi connectivity index (χ3v) is 4.61. The maximum Gasteiger partial charge on any atom is 0.191 e. The molecule has 1 saturated heterocycles. The highest BCUT2D eigenvalue weighted by Gasteiger charge is 2.22. The molecule has 0 bridgehead atoms. The van der Waals surface area contributed by atoms with Crippen LogP contribution in [0.25, 0.3) is 0 Å². The predicted octanol–water partition coefficient (Wildman–Crippen LogP) is 2.67. The monoisotopic (exact) mass is 445 g/mol. The molecule has 6 heteroatoms. The van der Waals surface area contributed by atoms with E-state index in [9.17, 15) is 0 Å². The molecule has 2 N–H and O–H groups in total. The third kappa shape index (κ3) is 6.93. The second kappa shape index (κ2) is 11.6. The number of nitrogens with one attached hydrogen (secondary N) is 2. The Hall–Kier alpha value is -0.890. The molecule has 0 spiro atoms. The highest BCUT2D eigenvalue weighted by atomic mass is 127. The van der Waals surface area contributed by atoms with Gasteiger partial charge in [0.05, 0.1) is 0 Å². The minimum atomic E-state index is 0. The van der Waals surface area contributed by atoms with Crippen molar-refractivity contribution >= 4 is 29.9 Å². The first-order chi connectivity index (χ1) is 11.2. The van der Waals surface area contributed by atoms with Crippen molar-refractivity contribution in [3.63, 3.8) is 0 Å². The molecule has 0 saturated carbocycles. The van der Waals surface area contributed by atoms with E-state index in [2.05, 4.69) is 45.4 Å². The fraction of sp³-hybridized carbons (Fsp3) is 0.667. The van der Waals surface area contributed by atoms with Gasteiger partial charge >= 0.3 is 0 Å². The second-order valence-electron chi connectivity index (χ2n) is 6.38. The third-order valence-electron chi connectivity index (χ3n) is 4.61. The van der Waals surface area contributed by atoms with Crippen LogP contribution in [-0.4, -0.2) is 54.6 Å². The zero-order chi connectivity index (χ0) is 16.5. The van der Waals surface area contributed by atoms with E-state index in [-0.39, 0.29) is 24.0 Å². The first-order valence-corrected chi connectivity index (χ1v) is 8.81. The summed E-state index contributed by atoms with van der Waals surface area (Å²) in [5.74, 6) is 0.873. The number of aromatic nitrogens is 1. The fourth-order valence-corrected chi connectivity index (χ4v) is 3.21. The Bertz CT molecular complexity index is 480. The number of pyridine rings is 1. The van der Waals surface area contributed by atoms with E-state index >= 15 is 0 Å². The zero-order valence-electron chi connectivity index (χ0n) is 15.2. The van der Waals surface area contributed by atoms with Gasteiger partial charge < -0.3 is 10.6 Å². The Balaban J connectivity index is 0.00000288. The number of likely N-dealkylation sites (tertiary alicyclic amines) is 1. The van der Waals surface area contributed by atoms with Crippen molar-refractivity contribution in [1.82, 2.24) is 20.5 Å². The summed E-state index contributed by atoms with van der Waals surface area (Å²) in [6, 6.07) is 7.24. The van der Waals surface area contributed by atoms with Crippen LogP contribution in [0.4, 0.5) is 0 Å². The smallest absolute Gasteiger partial charge is 0.191 e. The van der Waals surface area contributed by atoms with Crippen molar-refractivity contribution in [2.24, 2.45) is 4.99 Å². The van der Waals surface area contributed by atoms with Crippen LogP contribution in [0.2, 0.25) is 0 Å². The Kier molecular flexibility index (Phi) is 10.2. The van der Waals surface area contributed by atoms with Gasteiger partial charge in [0.1, 0.15) is 0 Å². The normalized spacial score (nSPS) is 20.1. The molecule has 1 fully saturated rings. The molecule has 0 aliphatic carbocycles. The molecule has 5 nitrogen and oxygen atoms in total. The van der Waals surface area contributed by atoms with Crippen LogP contribution < -0.4 is 10.6 Å². The molecule has 2 rings (SSSR count). The Labute approximate surface area is 163 Å². The van der Waals surface area contributed by atoms with Crippen LogP contribution in [0, 0.1) is 0 Å². The van der Waals surface area contributed by atoms with Crippen molar-refractivity contribution in [3.8, 4) is 0 Å². The van der Waals surface area contributed by atoms with Crippen LogP contribution in [0.15, 0.2) is 29.4 Å². The quantitative estimate of drug-likeness (QED) is 0.402. The minimum absolute atomic E-state index is 0. The molecule has 1 aliphatic heterocycles. The Morgan fingerprint density at radius 3 is 2.88 bits per heavy atom. The van der Waals surface area contributed by atoms with E-state index in [1.54, 1.807) is 0 Å². The average Bonchev–Trinajstić information content (AvgIpc) is 2.59. The Morgan fingerprint density at radius 2 is 2.21 bits per heavy atom. The van der Waals surface area contributed by atoms with Gasteiger partial charge in [0, 0.05) is 50.5 Å². The van der Waals surface area contributed by atoms with Gasteiger partial charge in [-0.1, -0.05) is 12.5 Å². The van der Waals surface area contributed by atoms with Crippen LogP contribution in [0.3, 0.4) is 0 Å². The van der Waals surface area contributed by atoms with E-state index in [1.807, 2.05) is 25.4 Å². The van der Waals surface area contributed by atoms with Crippen LogP contribution >= 0.6 is 24.0 Å². The zero-order valence-corrected chi connectivity index (χ0v) is 17.5. The van der Waals surface area contributed by atoms with Crippen LogP contribution in [0.5, 0.6) is 0 Å². The van der Waals surface area contributed by atoms with Gasteiger partial charge in [-0.05, 0) is 45.4 Å². The summed E-state index contributed by atoms with van der Waals surface area (Å²) in [6.45, 7) is 7.63. The molecular weight excluding hydrogens is 413 g/mol. The van der Waals surface area contributed by atoms with E-state index in [1.165, 1.54) is 25.8 Å². The maximum absolute atomic E-state index is 4.34. The molecule has 1 aliphatic rings. The summed E-state index contributed by atoms with van der Waals surface area (Å²) >= 11 is 0. The number of hydrogen-bond acceptors (Lipinski definition) is 3. The number of piperidine rings is 1. The summed E-state index contributed by atoms with van der Waals surface area (Å²) in [6.07, 6.45) is 6.76. The molecular formula is C18H32IN5. The van der Waals surface area contributed by atoms with Gasteiger partial charge in [-0.3, -0.25) is 14.9 Å². The maximum atomic E-state index is 4.34. The highest BCUT2D eigenvalue weighted by Crippen LogP contribution is 2.18. The molecule has 0 radical (unpaired) electrons. The van der Waals surface area contributed by atoms with Crippen molar-refractivity contribution in [2.75, 3.05) is 26.7 Å². The molecule has 2 unspecified atom stereocenters. The minimum Gasteiger partial charge on any atom is -0.356 e. The topological polar surface area (TPSA) is 52.6 Å². The molecule has 2 atom stereocenters. The highest BCUT2D eigenvalue weighted by molar-refractivity contribution is 14.0. The van der Waals surface area contributed by atoms with Crippen molar-refractivity contribution in [1.29, 1.82) is 0 Å². The standard InChI is InChI=1S/C18H31N5.HI/c1-15-8-5-7-13-23(15)16(2)14-22-18(19-3)21-12-10-17-9-4-6-11-20-17;/h4,6,9,11,15-16H,5,7-8,10,12-14H2,1-3H3,(H2,19,21,22);1H.